The van der Waals surface area contributed by atoms with Crippen molar-refractivity contribution in [3.63, 3.8) is 0 Å². The van der Waals surface area contributed by atoms with Crippen LogP contribution in [0.4, 0.5) is 0 Å². The molecule has 2 aliphatic carbocycles. The Morgan fingerprint density at radius 2 is 1.15 bits per heavy atom. The van der Waals surface area contributed by atoms with Crippen molar-refractivity contribution in [2.24, 2.45) is 0 Å². The van der Waals surface area contributed by atoms with Crippen LogP contribution in [0.3, 0.4) is 0 Å². The summed E-state index contributed by atoms with van der Waals surface area (Å²) in [4.78, 5) is 2.53. The van der Waals surface area contributed by atoms with Crippen LogP contribution in [0.25, 0.3) is 0 Å². The van der Waals surface area contributed by atoms with Crippen LogP contribution in [0.15, 0.2) is 71.5 Å². The summed E-state index contributed by atoms with van der Waals surface area (Å²) < 4.78 is 0. The Morgan fingerprint density at radius 1 is 0.630 bits per heavy atom. The van der Waals surface area contributed by atoms with E-state index in [9.17, 15) is 0 Å². The first-order valence-corrected chi connectivity index (χ1v) is 11.0. The van der Waals surface area contributed by atoms with Gasteiger partial charge in [0.1, 0.15) is 0 Å². The topological polar surface area (TPSA) is 3.24 Å². The van der Waals surface area contributed by atoms with Gasteiger partial charge in [0.25, 0.3) is 0 Å². The van der Waals surface area contributed by atoms with Crippen molar-refractivity contribution in [2.45, 2.75) is 84.1 Å². The lowest BCUT2D eigenvalue weighted by molar-refractivity contribution is 0.267. The molecule has 0 aromatic heterocycles. The van der Waals surface area contributed by atoms with Gasteiger partial charge in [0.05, 0.1) is 0 Å². The molecule has 0 bridgehead atoms. The standard InChI is InChI=1S/C26H39N/c1-23-15-12-13-20-26(22-21-24(2)17-14-16-23)27(3)25-18-10-8-6-4-5-7-9-11-19-25/h12-17,20-22,25H,4-11,18-19H2,1-3H3/b13-12?,15-12-,16-14?,17-14-,20-13-,22-21?,23-15?,23-16-,24-17?,24-21-,26-20?,26-22+. The minimum Gasteiger partial charge on any atom is -0.372 e. The molecular weight excluding hydrogens is 326 g/mol. The van der Waals surface area contributed by atoms with E-state index in [2.05, 4.69) is 80.5 Å². The lowest BCUT2D eigenvalue weighted by Gasteiger charge is -2.31. The highest BCUT2D eigenvalue weighted by molar-refractivity contribution is 5.34. The van der Waals surface area contributed by atoms with Gasteiger partial charge in [-0.2, -0.15) is 0 Å². The summed E-state index contributed by atoms with van der Waals surface area (Å²) >= 11 is 0. The van der Waals surface area contributed by atoms with Gasteiger partial charge in [-0.25, -0.2) is 0 Å². The highest BCUT2D eigenvalue weighted by atomic mass is 15.1. The van der Waals surface area contributed by atoms with Gasteiger partial charge in [0, 0.05) is 18.8 Å². The van der Waals surface area contributed by atoms with E-state index >= 15 is 0 Å². The SMILES string of the molecule is CC1=C/C=C\C(C)=C/C=C(N(C)C2CCCCCCCCCC2)\C=C/C=C\1. The third-order valence-corrected chi connectivity index (χ3v) is 5.75. The molecule has 0 amide bonds. The molecule has 27 heavy (non-hydrogen) atoms. The number of hydrogen-bond acceptors (Lipinski definition) is 1. The Morgan fingerprint density at radius 3 is 1.81 bits per heavy atom. The van der Waals surface area contributed by atoms with Crippen molar-refractivity contribution in [2.75, 3.05) is 7.05 Å². The van der Waals surface area contributed by atoms with Gasteiger partial charge in [0.2, 0.25) is 0 Å². The molecule has 0 heterocycles. The number of allylic oxidation sites excluding steroid dienone is 11. The second-order valence-corrected chi connectivity index (χ2v) is 8.16. The van der Waals surface area contributed by atoms with E-state index < -0.39 is 0 Å². The smallest absolute Gasteiger partial charge is 0.0366 e. The van der Waals surface area contributed by atoms with Crippen LogP contribution in [-0.4, -0.2) is 18.0 Å². The van der Waals surface area contributed by atoms with Gasteiger partial charge in [-0.15, -0.1) is 0 Å². The van der Waals surface area contributed by atoms with E-state index in [1.54, 1.807) is 0 Å². The molecule has 0 aliphatic heterocycles. The van der Waals surface area contributed by atoms with Crippen LogP contribution in [0.1, 0.15) is 78.1 Å². The number of likely N-dealkylation sites (N-methyl/N-ethyl adjacent to an activating group) is 1. The summed E-state index contributed by atoms with van der Waals surface area (Å²) in [6.07, 6.45) is 33.7. The van der Waals surface area contributed by atoms with Crippen molar-refractivity contribution < 1.29 is 0 Å². The molecule has 1 nitrogen and oxygen atoms in total. The predicted octanol–water partition coefficient (Wildman–Crippen LogP) is 7.66. The summed E-state index contributed by atoms with van der Waals surface area (Å²) in [5.74, 6) is 0. The lowest BCUT2D eigenvalue weighted by Crippen LogP contribution is -2.30. The summed E-state index contributed by atoms with van der Waals surface area (Å²) in [5, 5.41) is 0. The molecule has 0 unspecified atom stereocenters. The molecule has 1 heteroatoms. The minimum atomic E-state index is 0.654. The molecule has 0 radical (unpaired) electrons. The molecule has 0 N–H and O–H groups in total. The minimum absolute atomic E-state index is 0.654. The molecule has 1 saturated carbocycles. The van der Waals surface area contributed by atoms with E-state index in [0.717, 1.165) is 0 Å². The Hall–Kier alpha value is -1.76. The second-order valence-electron chi connectivity index (χ2n) is 8.16. The van der Waals surface area contributed by atoms with Crippen molar-refractivity contribution in [1.29, 1.82) is 0 Å². The summed E-state index contributed by atoms with van der Waals surface area (Å²) in [7, 11) is 2.29. The average Bonchev–Trinajstić information content (AvgIpc) is 2.71. The van der Waals surface area contributed by atoms with Crippen LogP contribution >= 0.6 is 0 Å². The summed E-state index contributed by atoms with van der Waals surface area (Å²) in [6.45, 7) is 4.32. The Balaban J connectivity index is 2.16. The van der Waals surface area contributed by atoms with E-state index in [1.165, 1.54) is 81.1 Å². The molecule has 0 aromatic rings. The van der Waals surface area contributed by atoms with E-state index in [4.69, 9.17) is 0 Å². The zero-order valence-electron chi connectivity index (χ0n) is 17.8. The fraction of sp³-hybridized carbons (Fsp3) is 0.538. The molecule has 2 aliphatic rings. The maximum atomic E-state index is 2.53. The first kappa shape index (κ1) is 21.5. The van der Waals surface area contributed by atoms with Gasteiger partial charge in [0.15, 0.2) is 0 Å². The molecule has 1 fully saturated rings. The fourth-order valence-electron chi connectivity index (χ4n) is 3.89. The highest BCUT2D eigenvalue weighted by Gasteiger charge is 2.16. The van der Waals surface area contributed by atoms with Crippen LogP contribution in [0.5, 0.6) is 0 Å². The highest BCUT2D eigenvalue weighted by Crippen LogP contribution is 2.23. The van der Waals surface area contributed by atoms with E-state index in [1.807, 2.05) is 0 Å². The summed E-state index contributed by atoms with van der Waals surface area (Å²) in [5.41, 5.74) is 3.87. The molecule has 0 saturated heterocycles. The quantitative estimate of drug-likeness (QED) is 0.485. The van der Waals surface area contributed by atoms with E-state index in [0.29, 0.717) is 6.04 Å². The van der Waals surface area contributed by atoms with Crippen molar-refractivity contribution in [3.8, 4) is 0 Å². The first-order valence-electron chi connectivity index (χ1n) is 11.0. The Labute approximate surface area is 167 Å². The predicted molar refractivity (Wildman–Crippen MR) is 121 cm³/mol. The average molecular weight is 366 g/mol. The third kappa shape index (κ3) is 8.65. The van der Waals surface area contributed by atoms with Gasteiger partial charge >= 0.3 is 0 Å². The monoisotopic (exact) mass is 365 g/mol. The van der Waals surface area contributed by atoms with Crippen LogP contribution in [-0.2, 0) is 0 Å². The Kier molecular flexibility index (Phi) is 10.0. The lowest BCUT2D eigenvalue weighted by atomic mass is 10.0. The van der Waals surface area contributed by atoms with Gasteiger partial charge < -0.3 is 4.90 Å². The van der Waals surface area contributed by atoms with E-state index in [-0.39, 0.29) is 0 Å². The van der Waals surface area contributed by atoms with Crippen molar-refractivity contribution in [3.05, 3.63) is 71.5 Å². The van der Waals surface area contributed by atoms with Crippen molar-refractivity contribution >= 4 is 0 Å². The third-order valence-electron chi connectivity index (χ3n) is 5.75. The molecule has 0 aromatic carbocycles. The molecule has 0 spiro atoms. The molecule has 2 rings (SSSR count). The van der Waals surface area contributed by atoms with Crippen LogP contribution < -0.4 is 0 Å². The zero-order valence-corrected chi connectivity index (χ0v) is 17.8. The van der Waals surface area contributed by atoms with Crippen LogP contribution in [0, 0.1) is 0 Å². The van der Waals surface area contributed by atoms with Crippen LogP contribution in [0.2, 0.25) is 0 Å². The second kappa shape index (κ2) is 12.6. The first-order chi connectivity index (χ1) is 13.2. The molecule has 148 valence electrons. The number of rotatable bonds is 2. The van der Waals surface area contributed by atoms with Gasteiger partial charge in [-0.3, -0.25) is 0 Å². The normalized spacial score (nSPS) is 30.6. The largest absolute Gasteiger partial charge is 0.372 e. The maximum absolute atomic E-state index is 2.53. The zero-order chi connectivity index (χ0) is 19.3. The summed E-state index contributed by atoms with van der Waals surface area (Å²) in [6, 6.07) is 0.654. The van der Waals surface area contributed by atoms with Gasteiger partial charge in [-0.05, 0) is 38.8 Å². The molecule has 0 atom stereocenters. The number of nitrogens with zero attached hydrogens (tertiary/aromatic N) is 1. The van der Waals surface area contributed by atoms with Crippen molar-refractivity contribution in [1.82, 2.24) is 4.90 Å². The maximum Gasteiger partial charge on any atom is 0.0366 e. The number of hydrogen-bond donors (Lipinski definition) is 0. The Bertz CT molecular complexity index is 600. The fourth-order valence-corrected chi connectivity index (χ4v) is 3.89. The molecular formula is C26H39N. The van der Waals surface area contributed by atoms with Gasteiger partial charge in [-0.1, -0.05) is 105 Å².